The van der Waals surface area contributed by atoms with Gasteiger partial charge in [0.1, 0.15) is 5.01 Å². The molecule has 170 valence electrons. The molecule has 32 heavy (non-hydrogen) atoms. The SMILES string of the molecule is CCC1CCCC(C/C=C/c2nc3c(OC(F)(F)F)c(Cl)cc(-c4nccs4)c3o2)C1=N. The maximum Gasteiger partial charge on any atom is 0.573 e. The minimum Gasteiger partial charge on any atom is -0.436 e. The van der Waals surface area contributed by atoms with Crippen LogP contribution in [-0.2, 0) is 0 Å². The number of rotatable bonds is 6. The predicted octanol–water partition coefficient (Wildman–Crippen LogP) is 7.75. The third kappa shape index (κ3) is 4.83. The van der Waals surface area contributed by atoms with E-state index in [-0.39, 0.29) is 27.9 Å². The molecule has 5 nitrogen and oxygen atoms in total. The second-order valence-corrected chi connectivity index (χ2v) is 8.98. The fourth-order valence-corrected chi connectivity index (χ4v) is 4.99. The summed E-state index contributed by atoms with van der Waals surface area (Å²) < 4.78 is 48.8. The summed E-state index contributed by atoms with van der Waals surface area (Å²) in [6.07, 6.45) is 4.87. The minimum atomic E-state index is -4.93. The largest absolute Gasteiger partial charge is 0.573 e. The van der Waals surface area contributed by atoms with Crippen molar-refractivity contribution in [2.24, 2.45) is 11.8 Å². The zero-order valence-electron chi connectivity index (χ0n) is 17.2. The number of allylic oxidation sites excluding steroid dienone is 1. The van der Waals surface area contributed by atoms with Gasteiger partial charge in [0.15, 0.2) is 16.8 Å². The molecule has 1 aliphatic carbocycles. The molecule has 10 heteroatoms. The molecule has 3 aromatic rings. The number of fused-ring (bicyclic) bond motifs is 1. The molecule has 1 aliphatic rings. The molecule has 4 rings (SSSR count). The Kier molecular flexibility index (Phi) is 6.57. The van der Waals surface area contributed by atoms with Crippen LogP contribution in [0.1, 0.15) is 44.9 Å². The van der Waals surface area contributed by atoms with E-state index in [9.17, 15) is 13.2 Å². The summed E-state index contributed by atoms with van der Waals surface area (Å²) in [5.41, 5.74) is 1.23. The van der Waals surface area contributed by atoms with Crippen molar-refractivity contribution < 1.29 is 22.3 Å². The number of alkyl halides is 3. The maximum atomic E-state index is 13.0. The molecule has 0 radical (unpaired) electrons. The first-order valence-electron chi connectivity index (χ1n) is 10.3. The van der Waals surface area contributed by atoms with Crippen LogP contribution in [-0.4, -0.2) is 22.0 Å². The Morgan fingerprint density at radius 1 is 1.34 bits per heavy atom. The Hall–Kier alpha value is -2.39. The van der Waals surface area contributed by atoms with Gasteiger partial charge in [0.25, 0.3) is 0 Å². The van der Waals surface area contributed by atoms with Gasteiger partial charge in [0.2, 0.25) is 5.89 Å². The molecule has 0 aliphatic heterocycles. The standard InChI is InChI=1S/C22H21ClF3N3O2S/c1-2-12-5-3-6-13(17(12)27)7-4-8-16-29-18-19(30-16)14(21-28-9-10-32-21)11-15(23)20(18)31-22(24,25)26/h4,8-13,27H,2-3,5-7H2,1H3/b8-4+,27-17?. The normalized spacial score (nSPS) is 19.8. The van der Waals surface area contributed by atoms with Crippen LogP contribution in [0.2, 0.25) is 5.02 Å². The number of hydrogen-bond donors (Lipinski definition) is 1. The molecular weight excluding hydrogens is 463 g/mol. The Morgan fingerprint density at radius 2 is 2.12 bits per heavy atom. The number of oxazole rings is 1. The van der Waals surface area contributed by atoms with Crippen LogP contribution in [0.25, 0.3) is 27.7 Å². The fourth-order valence-electron chi connectivity index (χ4n) is 4.10. The van der Waals surface area contributed by atoms with Gasteiger partial charge in [-0.15, -0.1) is 24.5 Å². The van der Waals surface area contributed by atoms with Gasteiger partial charge in [-0.2, -0.15) is 0 Å². The van der Waals surface area contributed by atoms with Crippen LogP contribution in [0, 0.1) is 17.2 Å². The molecule has 1 fully saturated rings. The quantitative estimate of drug-likeness (QED) is 0.389. The Labute approximate surface area is 191 Å². The molecule has 0 saturated heterocycles. The monoisotopic (exact) mass is 483 g/mol. The molecular formula is C22H21ClF3N3O2S. The molecule has 1 saturated carbocycles. The molecule has 0 bridgehead atoms. The van der Waals surface area contributed by atoms with E-state index in [2.05, 4.69) is 21.6 Å². The van der Waals surface area contributed by atoms with E-state index >= 15 is 0 Å². The minimum absolute atomic E-state index is 0.115. The highest BCUT2D eigenvalue weighted by Crippen LogP contribution is 2.43. The molecule has 0 spiro atoms. The third-order valence-electron chi connectivity index (χ3n) is 5.63. The van der Waals surface area contributed by atoms with Gasteiger partial charge >= 0.3 is 6.36 Å². The molecule has 1 aromatic carbocycles. The van der Waals surface area contributed by atoms with Crippen molar-refractivity contribution in [2.45, 2.75) is 45.4 Å². The highest BCUT2D eigenvalue weighted by molar-refractivity contribution is 7.13. The Balaban J connectivity index is 1.67. The van der Waals surface area contributed by atoms with Crippen molar-refractivity contribution in [1.82, 2.24) is 9.97 Å². The fraction of sp³-hybridized carbons (Fsp3) is 0.409. The molecule has 2 heterocycles. The summed E-state index contributed by atoms with van der Waals surface area (Å²) in [6, 6.07) is 1.34. The zero-order valence-corrected chi connectivity index (χ0v) is 18.8. The lowest BCUT2D eigenvalue weighted by Gasteiger charge is -2.29. The summed E-state index contributed by atoms with van der Waals surface area (Å²) in [5, 5.41) is 10.5. The number of nitrogens with zero attached hydrogens (tertiary/aromatic N) is 2. The summed E-state index contributed by atoms with van der Waals surface area (Å²) in [4.78, 5) is 8.43. The van der Waals surface area contributed by atoms with E-state index in [0.29, 0.717) is 22.9 Å². The van der Waals surface area contributed by atoms with Crippen molar-refractivity contribution in [3.63, 3.8) is 0 Å². The van der Waals surface area contributed by atoms with Gasteiger partial charge in [-0.3, -0.25) is 0 Å². The first-order chi connectivity index (χ1) is 15.3. The van der Waals surface area contributed by atoms with Crippen LogP contribution in [0.5, 0.6) is 5.75 Å². The van der Waals surface area contributed by atoms with Gasteiger partial charge in [0, 0.05) is 23.2 Å². The van der Waals surface area contributed by atoms with Gasteiger partial charge in [-0.05, 0) is 43.7 Å². The smallest absolute Gasteiger partial charge is 0.436 e. The number of ether oxygens (including phenoxy) is 1. The van der Waals surface area contributed by atoms with Crippen LogP contribution < -0.4 is 4.74 Å². The summed E-state index contributed by atoms with van der Waals surface area (Å²) in [7, 11) is 0. The average Bonchev–Trinajstić information content (AvgIpc) is 3.41. The third-order valence-corrected chi connectivity index (χ3v) is 6.72. The van der Waals surface area contributed by atoms with E-state index < -0.39 is 12.1 Å². The number of aromatic nitrogens is 2. The molecule has 2 aromatic heterocycles. The van der Waals surface area contributed by atoms with E-state index in [4.69, 9.17) is 21.4 Å². The lowest BCUT2D eigenvalue weighted by Crippen LogP contribution is -2.27. The lowest BCUT2D eigenvalue weighted by atomic mass is 9.77. The highest BCUT2D eigenvalue weighted by Gasteiger charge is 2.34. The molecule has 1 N–H and O–H groups in total. The molecule has 2 unspecified atom stereocenters. The summed E-state index contributed by atoms with van der Waals surface area (Å²) in [6.45, 7) is 2.10. The van der Waals surface area contributed by atoms with Crippen LogP contribution >= 0.6 is 22.9 Å². The number of thiazole rings is 1. The highest BCUT2D eigenvalue weighted by atomic mass is 35.5. The average molecular weight is 484 g/mol. The van der Waals surface area contributed by atoms with Gasteiger partial charge in [-0.1, -0.05) is 31.0 Å². The van der Waals surface area contributed by atoms with Crippen molar-refractivity contribution >= 4 is 45.8 Å². The predicted molar refractivity (Wildman–Crippen MR) is 119 cm³/mol. The van der Waals surface area contributed by atoms with Crippen LogP contribution in [0.15, 0.2) is 28.1 Å². The summed E-state index contributed by atoms with van der Waals surface area (Å²) >= 11 is 7.42. The summed E-state index contributed by atoms with van der Waals surface area (Å²) in [5.74, 6) is 0.0366. The molecule has 2 atom stereocenters. The first-order valence-corrected chi connectivity index (χ1v) is 11.6. The van der Waals surface area contributed by atoms with Gasteiger partial charge < -0.3 is 14.6 Å². The Morgan fingerprint density at radius 3 is 2.81 bits per heavy atom. The number of nitrogens with one attached hydrogen (secondary N) is 1. The van der Waals surface area contributed by atoms with Crippen molar-refractivity contribution in [3.8, 4) is 16.3 Å². The van der Waals surface area contributed by atoms with Crippen LogP contribution in [0.4, 0.5) is 13.2 Å². The first kappa shape index (κ1) is 22.8. The van der Waals surface area contributed by atoms with Gasteiger partial charge in [-0.25, -0.2) is 9.97 Å². The number of benzene rings is 1. The van der Waals surface area contributed by atoms with Crippen molar-refractivity contribution in [1.29, 1.82) is 5.41 Å². The van der Waals surface area contributed by atoms with E-state index in [1.165, 1.54) is 17.4 Å². The van der Waals surface area contributed by atoms with E-state index in [1.54, 1.807) is 17.7 Å². The van der Waals surface area contributed by atoms with E-state index in [0.717, 1.165) is 31.4 Å². The maximum absolute atomic E-state index is 13.0. The lowest BCUT2D eigenvalue weighted by molar-refractivity contribution is -0.274. The van der Waals surface area contributed by atoms with Gasteiger partial charge in [0.05, 0.1) is 10.6 Å². The number of hydrogen-bond acceptors (Lipinski definition) is 6. The number of halogens is 4. The van der Waals surface area contributed by atoms with Crippen molar-refractivity contribution in [2.75, 3.05) is 0 Å². The second kappa shape index (κ2) is 9.23. The van der Waals surface area contributed by atoms with Crippen LogP contribution in [0.3, 0.4) is 0 Å². The van der Waals surface area contributed by atoms with Crippen molar-refractivity contribution in [3.05, 3.63) is 34.6 Å². The van der Waals surface area contributed by atoms with E-state index in [1.807, 2.05) is 6.08 Å². The topological polar surface area (TPSA) is 72.0 Å². The Bertz CT molecular complexity index is 1140. The second-order valence-electron chi connectivity index (χ2n) is 7.68. The molecule has 0 amide bonds. The zero-order chi connectivity index (χ0) is 22.9.